The second kappa shape index (κ2) is 9.95. The number of nitrogens with one attached hydrogen (secondary N) is 1. The van der Waals surface area contributed by atoms with E-state index in [4.69, 9.17) is 23.2 Å². The van der Waals surface area contributed by atoms with Crippen molar-refractivity contribution in [2.24, 2.45) is 23.9 Å². The highest BCUT2D eigenvalue weighted by molar-refractivity contribution is 6.35. The van der Waals surface area contributed by atoms with E-state index in [-0.39, 0.29) is 0 Å². The molecule has 0 aliphatic carbocycles. The van der Waals surface area contributed by atoms with Crippen LogP contribution in [0.5, 0.6) is 0 Å². The molecular formula is C19H28Cl2N6. The third-order valence-electron chi connectivity index (χ3n) is 4.72. The molecule has 1 aromatic heterocycles. The van der Waals surface area contributed by atoms with Gasteiger partial charge in [-0.05, 0) is 36.0 Å². The Morgan fingerprint density at radius 2 is 2.07 bits per heavy atom. The van der Waals surface area contributed by atoms with E-state index in [9.17, 15) is 0 Å². The number of rotatable bonds is 7. The van der Waals surface area contributed by atoms with Crippen molar-refractivity contribution >= 4 is 29.2 Å². The average molecular weight is 411 g/mol. The zero-order valence-corrected chi connectivity index (χ0v) is 18.1. The minimum Gasteiger partial charge on any atom is -0.356 e. The van der Waals surface area contributed by atoms with Crippen molar-refractivity contribution in [2.75, 3.05) is 20.6 Å². The maximum absolute atomic E-state index is 6.36. The van der Waals surface area contributed by atoms with Crippen molar-refractivity contribution in [3.05, 3.63) is 46.0 Å². The molecule has 1 unspecified atom stereocenters. The van der Waals surface area contributed by atoms with E-state index >= 15 is 0 Å². The van der Waals surface area contributed by atoms with E-state index in [1.54, 1.807) is 24.1 Å². The Balaban J connectivity index is 1.99. The van der Waals surface area contributed by atoms with Crippen molar-refractivity contribution in [3.8, 4) is 0 Å². The van der Waals surface area contributed by atoms with Gasteiger partial charge in [0.05, 0.1) is 6.54 Å². The molecule has 0 bridgehead atoms. The highest BCUT2D eigenvalue weighted by atomic mass is 35.5. The fourth-order valence-electron chi connectivity index (χ4n) is 2.87. The first-order chi connectivity index (χ1) is 12.8. The fourth-order valence-corrected chi connectivity index (χ4v) is 3.36. The Bertz CT molecular complexity index is 771. The molecule has 148 valence electrons. The van der Waals surface area contributed by atoms with Crippen LogP contribution in [0.15, 0.2) is 29.5 Å². The topological polar surface area (TPSA) is 58.3 Å². The summed E-state index contributed by atoms with van der Waals surface area (Å²) in [4.78, 5) is 10.7. The molecule has 1 atom stereocenters. The van der Waals surface area contributed by atoms with E-state index in [2.05, 4.69) is 34.2 Å². The normalized spacial score (nSPS) is 13.1. The molecule has 8 heteroatoms. The minimum absolute atomic E-state index is 0.406. The number of aromatic nitrogens is 3. The van der Waals surface area contributed by atoms with Gasteiger partial charge >= 0.3 is 0 Å². The Labute approximate surface area is 171 Å². The third kappa shape index (κ3) is 6.11. The lowest BCUT2D eigenvalue weighted by Gasteiger charge is -2.26. The summed E-state index contributed by atoms with van der Waals surface area (Å²) in [6.07, 6.45) is 2.44. The number of hydrogen-bond acceptors (Lipinski definition) is 3. The quantitative estimate of drug-likeness (QED) is 0.558. The SMILES string of the molecule is CN=C(NCC(Cc1ccc(Cl)cc1Cl)C(C)C)N(C)Cc1ncnn1C. The van der Waals surface area contributed by atoms with Gasteiger partial charge < -0.3 is 10.2 Å². The second-order valence-electron chi connectivity index (χ2n) is 7.03. The number of benzene rings is 1. The van der Waals surface area contributed by atoms with Gasteiger partial charge in [-0.25, -0.2) is 4.98 Å². The molecular weight excluding hydrogens is 383 g/mol. The van der Waals surface area contributed by atoms with E-state index < -0.39 is 0 Å². The van der Waals surface area contributed by atoms with Crippen molar-refractivity contribution in [1.29, 1.82) is 0 Å². The first kappa shape index (κ1) is 21.5. The van der Waals surface area contributed by atoms with Crippen molar-refractivity contribution in [2.45, 2.75) is 26.8 Å². The Morgan fingerprint density at radius 1 is 1.33 bits per heavy atom. The van der Waals surface area contributed by atoms with E-state index in [1.165, 1.54) is 0 Å². The maximum atomic E-state index is 6.36. The zero-order valence-electron chi connectivity index (χ0n) is 16.6. The molecule has 0 amide bonds. The third-order valence-corrected chi connectivity index (χ3v) is 5.31. The fraction of sp³-hybridized carbons (Fsp3) is 0.526. The lowest BCUT2D eigenvalue weighted by atomic mass is 9.89. The summed E-state index contributed by atoms with van der Waals surface area (Å²) in [5, 5.41) is 8.97. The van der Waals surface area contributed by atoms with E-state index in [0.717, 1.165) is 35.3 Å². The van der Waals surface area contributed by atoms with Crippen LogP contribution in [0.25, 0.3) is 0 Å². The number of hydrogen-bond donors (Lipinski definition) is 1. The second-order valence-corrected chi connectivity index (χ2v) is 7.87. The van der Waals surface area contributed by atoms with Crippen LogP contribution in [0.4, 0.5) is 0 Å². The minimum atomic E-state index is 0.406. The molecule has 2 rings (SSSR count). The van der Waals surface area contributed by atoms with Crippen LogP contribution in [0.2, 0.25) is 10.0 Å². The molecule has 0 spiro atoms. The summed E-state index contributed by atoms with van der Waals surface area (Å²) in [6, 6.07) is 5.70. The monoisotopic (exact) mass is 410 g/mol. The molecule has 0 aliphatic heterocycles. The largest absolute Gasteiger partial charge is 0.356 e. The molecule has 0 radical (unpaired) electrons. The molecule has 6 nitrogen and oxygen atoms in total. The van der Waals surface area contributed by atoms with Crippen LogP contribution in [0.1, 0.15) is 25.2 Å². The summed E-state index contributed by atoms with van der Waals surface area (Å²) in [5.41, 5.74) is 1.11. The first-order valence-electron chi connectivity index (χ1n) is 9.00. The smallest absolute Gasteiger partial charge is 0.193 e. The van der Waals surface area contributed by atoms with E-state index in [1.807, 2.05) is 31.1 Å². The van der Waals surface area contributed by atoms with Crippen molar-refractivity contribution in [1.82, 2.24) is 25.0 Å². The molecule has 1 heterocycles. The van der Waals surface area contributed by atoms with Gasteiger partial charge in [0.2, 0.25) is 0 Å². The molecule has 0 saturated carbocycles. The predicted octanol–water partition coefficient (Wildman–Crippen LogP) is 3.64. The van der Waals surface area contributed by atoms with Gasteiger partial charge in [-0.3, -0.25) is 9.67 Å². The van der Waals surface area contributed by atoms with Crippen molar-refractivity contribution < 1.29 is 0 Å². The number of nitrogens with zero attached hydrogens (tertiary/aromatic N) is 5. The molecule has 27 heavy (non-hydrogen) atoms. The van der Waals surface area contributed by atoms with Gasteiger partial charge in [0, 0.05) is 37.7 Å². The Kier molecular flexibility index (Phi) is 7.92. The summed E-state index contributed by atoms with van der Waals surface area (Å²) >= 11 is 12.4. The van der Waals surface area contributed by atoms with Gasteiger partial charge in [-0.2, -0.15) is 5.10 Å². The molecule has 1 aromatic carbocycles. The number of guanidine groups is 1. The van der Waals surface area contributed by atoms with Crippen molar-refractivity contribution in [3.63, 3.8) is 0 Å². The summed E-state index contributed by atoms with van der Waals surface area (Å²) in [7, 11) is 5.66. The lowest BCUT2D eigenvalue weighted by Crippen LogP contribution is -2.42. The summed E-state index contributed by atoms with van der Waals surface area (Å²) in [5.74, 6) is 2.61. The standard InChI is InChI=1S/C19H28Cl2N6/c1-13(2)15(8-14-6-7-16(20)9-17(14)21)10-23-19(22-3)26(4)11-18-24-12-25-27(18)5/h6-7,9,12-13,15H,8,10-11H2,1-5H3,(H,22,23). The molecule has 2 aromatic rings. The van der Waals surface area contributed by atoms with Crippen LogP contribution in [0, 0.1) is 11.8 Å². The van der Waals surface area contributed by atoms with Crippen LogP contribution in [0.3, 0.4) is 0 Å². The van der Waals surface area contributed by atoms with Crippen LogP contribution < -0.4 is 5.32 Å². The van der Waals surface area contributed by atoms with Gasteiger partial charge in [0.25, 0.3) is 0 Å². The average Bonchev–Trinajstić information content (AvgIpc) is 3.00. The zero-order chi connectivity index (χ0) is 20.0. The highest BCUT2D eigenvalue weighted by Gasteiger charge is 2.18. The molecule has 0 aliphatic rings. The Hall–Kier alpha value is -1.79. The molecule has 1 N–H and O–H groups in total. The Morgan fingerprint density at radius 3 is 2.63 bits per heavy atom. The number of halogens is 2. The highest BCUT2D eigenvalue weighted by Crippen LogP contribution is 2.25. The first-order valence-corrected chi connectivity index (χ1v) is 9.76. The summed E-state index contributed by atoms with van der Waals surface area (Å²) < 4.78 is 1.77. The van der Waals surface area contributed by atoms with Gasteiger partial charge in [0.15, 0.2) is 5.96 Å². The number of aryl methyl sites for hydroxylation is 1. The van der Waals surface area contributed by atoms with Crippen LogP contribution in [-0.2, 0) is 20.0 Å². The summed E-state index contributed by atoms with van der Waals surface area (Å²) in [6.45, 7) is 5.88. The van der Waals surface area contributed by atoms with Crippen LogP contribution >= 0.6 is 23.2 Å². The lowest BCUT2D eigenvalue weighted by molar-refractivity contribution is 0.367. The van der Waals surface area contributed by atoms with Gasteiger partial charge in [-0.15, -0.1) is 0 Å². The van der Waals surface area contributed by atoms with Gasteiger partial charge in [0.1, 0.15) is 12.2 Å². The predicted molar refractivity (Wildman–Crippen MR) is 112 cm³/mol. The molecule has 0 fully saturated rings. The van der Waals surface area contributed by atoms with E-state index in [0.29, 0.717) is 23.4 Å². The number of aliphatic imine (C=N–C) groups is 1. The molecule has 0 saturated heterocycles. The van der Waals surface area contributed by atoms with Crippen LogP contribution in [-0.4, -0.2) is 46.3 Å². The van der Waals surface area contributed by atoms with Gasteiger partial charge in [-0.1, -0.05) is 43.1 Å². The maximum Gasteiger partial charge on any atom is 0.193 e.